The van der Waals surface area contributed by atoms with Gasteiger partial charge in [0.25, 0.3) is 0 Å². The van der Waals surface area contributed by atoms with Gasteiger partial charge >= 0.3 is 0 Å². The van der Waals surface area contributed by atoms with Gasteiger partial charge in [-0.1, -0.05) is 0 Å². The maximum atomic E-state index is 9.79. The number of nitrogens with zero attached hydrogens (tertiary/aromatic N) is 1. The first-order chi connectivity index (χ1) is 9.11. The highest BCUT2D eigenvalue weighted by molar-refractivity contribution is 5.86. The molecule has 97 valence electrons. The molecule has 19 heavy (non-hydrogen) atoms. The van der Waals surface area contributed by atoms with E-state index in [4.69, 9.17) is 4.74 Å². The minimum Gasteiger partial charge on any atom is -0.507 e. The van der Waals surface area contributed by atoms with Crippen molar-refractivity contribution < 1.29 is 9.84 Å². The van der Waals surface area contributed by atoms with Gasteiger partial charge in [-0.25, -0.2) is 0 Å². The second-order valence-electron chi connectivity index (χ2n) is 4.35. The van der Waals surface area contributed by atoms with Crippen LogP contribution in [0, 0.1) is 19.9 Å². The maximum absolute atomic E-state index is 9.79. The summed E-state index contributed by atoms with van der Waals surface area (Å²) in [6.07, 6.45) is 1.65. The number of methoxy groups -OCH3 is 1. The minimum atomic E-state index is 0.183. The van der Waals surface area contributed by atoms with Crippen LogP contribution in [0.3, 0.4) is 0 Å². The molecule has 0 spiro atoms. The molecule has 1 N–H and O–H groups in total. The maximum Gasteiger partial charge on any atom is 0.124 e. The molecular formula is C16H16NO2. The number of aromatic hydroxyl groups is 1. The predicted octanol–water partition coefficient (Wildman–Crippen LogP) is 3.57. The first-order valence-corrected chi connectivity index (χ1v) is 6.00. The number of hydrogen-bond acceptors (Lipinski definition) is 3. The third-order valence-corrected chi connectivity index (χ3v) is 2.91. The predicted molar refractivity (Wildman–Crippen MR) is 76.7 cm³/mol. The molecule has 3 heteroatoms. The molecule has 0 amide bonds. The third kappa shape index (κ3) is 2.94. The number of phenols is 1. The number of benzene rings is 2. The molecule has 0 aromatic heterocycles. The van der Waals surface area contributed by atoms with Crippen molar-refractivity contribution in [2.75, 3.05) is 7.11 Å². The molecule has 0 aliphatic rings. The Morgan fingerprint density at radius 1 is 1.21 bits per heavy atom. The fourth-order valence-electron chi connectivity index (χ4n) is 1.84. The normalized spacial score (nSPS) is 10.9. The zero-order valence-electron chi connectivity index (χ0n) is 11.3. The second-order valence-corrected chi connectivity index (χ2v) is 4.35. The van der Waals surface area contributed by atoms with Crippen molar-refractivity contribution in [1.82, 2.24) is 0 Å². The monoisotopic (exact) mass is 254 g/mol. The average Bonchev–Trinajstić information content (AvgIpc) is 2.40. The number of phenolic OH excluding ortho intramolecular Hbond substituents is 1. The topological polar surface area (TPSA) is 41.8 Å². The van der Waals surface area contributed by atoms with Crippen LogP contribution in [0.15, 0.2) is 35.3 Å². The number of ether oxygens (including phenoxy) is 1. The van der Waals surface area contributed by atoms with E-state index >= 15 is 0 Å². The van der Waals surface area contributed by atoms with Crippen molar-refractivity contribution in [1.29, 1.82) is 0 Å². The fourth-order valence-corrected chi connectivity index (χ4v) is 1.84. The van der Waals surface area contributed by atoms with E-state index < -0.39 is 0 Å². The lowest BCUT2D eigenvalue weighted by molar-refractivity contribution is 0.412. The van der Waals surface area contributed by atoms with Crippen LogP contribution in [0.1, 0.15) is 16.7 Å². The molecule has 0 bridgehead atoms. The quantitative estimate of drug-likeness (QED) is 0.851. The summed E-state index contributed by atoms with van der Waals surface area (Å²) in [6.45, 7) is 3.98. The molecule has 0 heterocycles. The van der Waals surface area contributed by atoms with Gasteiger partial charge < -0.3 is 9.84 Å². The van der Waals surface area contributed by atoms with Gasteiger partial charge in [-0.05, 0) is 61.4 Å². The van der Waals surface area contributed by atoms with Crippen LogP contribution in [-0.4, -0.2) is 18.4 Å². The lowest BCUT2D eigenvalue weighted by Gasteiger charge is -2.05. The van der Waals surface area contributed by atoms with Crippen molar-refractivity contribution in [3.8, 4) is 11.5 Å². The minimum absolute atomic E-state index is 0.183. The summed E-state index contributed by atoms with van der Waals surface area (Å²) in [5.41, 5.74) is 3.64. The molecule has 0 atom stereocenters. The molecule has 0 aliphatic heterocycles. The lowest BCUT2D eigenvalue weighted by Crippen LogP contribution is -1.88. The van der Waals surface area contributed by atoms with Gasteiger partial charge in [-0.2, -0.15) is 0 Å². The summed E-state index contributed by atoms with van der Waals surface area (Å²) in [5, 5.41) is 9.79. The van der Waals surface area contributed by atoms with Crippen LogP contribution in [0.4, 0.5) is 5.69 Å². The van der Waals surface area contributed by atoms with Crippen molar-refractivity contribution in [2.24, 2.45) is 4.99 Å². The Hall–Kier alpha value is -2.29. The Kier molecular flexibility index (Phi) is 3.85. The van der Waals surface area contributed by atoms with Gasteiger partial charge in [0.1, 0.15) is 11.5 Å². The number of rotatable bonds is 3. The summed E-state index contributed by atoms with van der Waals surface area (Å²) in [7, 11) is 1.59. The number of aliphatic imine (C=N–C) groups is 1. The van der Waals surface area contributed by atoms with Crippen LogP contribution in [0.2, 0.25) is 0 Å². The summed E-state index contributed by atoms with van der Waals surface area (Å²) < 4.78 is 5.13. The molecule has 0 saturated heterocycles. The Labute approximate surface area is 113 Å². The number of hydrogen-bond donors (Lipinski definition) is 1. The van der Waals surface area contributed by atoms with E-state index in [9.17, 15) is 5.11 Å². The third-order valence-electron chi connectivity index (χ3n) is 2.91. The van der Waals surface area contributed by atoms with Gasteiger partial charge in [0, 0.05) is 11.8 Å². The first kappa shape index (κ1) is 13.1. The Morgan fingerprint density at radius 3 is 2.53 bits per heavy atom. The average molecular weight is 254 g/mol. The Morgan fingerprint density at radius 2 is 1.89 bits per heavy atom. The zero-order chi connectivity index (χ0) is 13.8. The van der Waals surface area contributed by atoms with E-state index in [0.29, 0.717) is 11.3 Å². The highest BCUT2D eigenvalue weighted by Gasteiger charge is 2.02. The molecule has 1 radical (unpaired) electrons. The molecule has 0 saturated carbocycles. The van der Waals surface area contributed by atoms with Gasteiger partial charge in [0.15, 0.2) is 0 Å². The molecular weight excluding hydrogens is 238 g/mol. The van der Waals surface area contributed by atoms with Crippen molar-refractivity contribution >= 4 is 11.9 Å². The summed E-state index contributed by atoms with van der Waals surface area (Å²) in [6, 6.07) is 11.9. The molecule has 0 aliphatic carbocycles. The van der Waals surface area contributed by atoms with Crippen molar-refractivity contribution in [2.45, 2.75) is 13.8 Å². The van der Waals surface area contributed by atoms with Crippen LogP contribution in [-0.2, 0) is 0 Å². The lowest BCUT2D eigenvalue weighted by atomic mass is 10.1. The largest absolute Gasteiger partial charge is 0.507 e. The molecule has 2 rings (SSSR count). The van der Waals surface area contributed by atoms with Gasteiger partial charge in [-0.15, -0.1) is 0 Å². The van der Waals surface area contributed by atoms with E-state index in [1.54, 1.807) is 31.5 Å². The highest BCUT2D eigenvalue weighted by atomic mass is 16.5. The van der Waals surface area contributed by atoms with Crippen molar-refractivity contribution in [3.63, 3.8) is 0 Å². The van der Waals surface area contributed by atoms with Crippen LogP contribution < -0.4 is 4.74 Å². The van der Waals surface area contributed by atoms with E-state index in [-0.39, 0.29) is 5.75 Å². The summed E-state index contributed by atoms with van der Waals surface area (Å²) in [4.78, 5) is 4.45. The van der Waals surface area contributed by atoms with E-state index in [2.05, 4.69) is 11.1 Å². The van der Waals surface area contributed by atoms with Crippen LogP contribution >= 0.6 is 0 Å². The molecule has 3 nitrogen and oxygen atoms in total. The number of aryl methyl sites for hydroxylation is 2. The van der Waals surface area contributed by atoms with E-state index in [1.807, 2.05) is 26.0 Å². The van der Waals surface area contributed by atoms with E-state index in [0.717, 1.165) is 16.8 Å². The molecule has 0 fully saturated rings. The fraction of sp³-hybridized carbons (Fsp3) is 0.188. The molecule has 2 aromatic rings. The second kappa shape index (κ2) is 5.57. The van der Waals surface area contributed by atoms with Gasteiger partial charge in [0.05, 0.1) is 12.8 Å². The standard InChI is InChI=1S/C16H16NO2/c1-11-5-4-6-12(2)16(11)17-10-13-9-14(19-3)7-8-15(13)18/h5-10,18H,1-3H3. The van der Waals surface area contributed by atoms with Crippen LogP contribution in [0.5, 0.6) is 11.5 Å². The van der Waals surface area contributed by atoms with Gasteiger partial charge in [-0.3, -0.25) is 4.99 Å². The zero-order valence-corrected chi connectivity index (χ0v) is 11.3. The van der Waals surface area contributed by atoms with Crippen LogP contribution in [0.25, 0.3) is 0 Å². The Bertz CT molecular complexity index is 598. The Balaban J connectivity index is 2.37. The van der Waals surface area contributed by atoms with Crippen molar-refractivity contribution in [3.05, 3.63) is 53.1 Å². The SMILES string of the molecule is COc1ccc(O)c(C=Nc2c(C)c[c]cc2C)c1. The molecule has 2 aromatic carbocycles. The smallest absolute Gasteiger partial charge is 0.124 e. The summed E-state index contributed by atoms with van der Waals surface area (Å²) in [5.74, 6) is 0.872. The summed E-state index contributed by atoms with van der Waals surface area (Å²) >= 11 is 0. The highest BCUT2D eigenvalue weighted by Crippen LogP contribution is 2.25. The van der Waals surface area contributed by atoms with Gasteiger partial charge in [0.2, 0.25) is 0 Å². The van der Waals surface area contributed by atoms with E-state index in [1.165, 1.54) is 0 Å². The molecule has 0 unspecified atom stereocenters. The first-order valence-electron chi connectivity index (χ1n) is 6.00.